The molecular formula is C14H18BN. The Bertz CT molecular complexity index is 395. The third kappa shape index (κ3) is 2.56. The van der Waals surface area contributed by atoms with E-state index >= 15 is 0 Å². The van der Waals surface area contributed by atoms with Crippen LogP contribution in [0.25, 0.3) is 5.57 Å². The lowest BCUT2D eigenvalue weighted by molar-refractivity contribution is 0.277. The lowest BCUT2D eigenvalue weighted by atomic mass is 9.87. The molecular weight excluding hydrogens is 193 g/mol. The summed E-state index contributed by atoms with van der Waals surface area (Å²) in [6, 6.07) is 8.89. The third-order valence-electron chi connectivity index (χ3n) is 3.37. The van der Waals surface area contributed by atoms with E-state index in [1.807, 2.05) is 12.1 Å². The first kappa shape index (κ1) is 11.5. The van der Waals surface area contributed by atoms with Gasteiger partial charge in [-0.15, -0.1) is 0 Å². The van der Waals surface area contributed by atoms with Crippen LogP contribution >= 0.6 is 0 Å². The Morgan fingerprint density at radius 1 is 1.31 bits per heavy atom. The largest absolute Gasteiger partial charge is 0.306 e. The number of allylic oxidation sites excluding steroid dienone is 1. The molecule has 2 rings (SSSR count). The smallest absolute Gasteiger partial charge is 0.113 e. The zero-order valence-corrected chi connectivity index (χ0v) is 10.1. The maximum atomic E-state index is 5.81. The Morgan fingerprint density at radius 3 is 2.69 bits per heavy atom. The van der Waals surface area contributed by atoms with Crippen LogP contribution in [-0.2, 0) is 0 Å². The molecule has 82 valence electrons. The van der Waals surface area contributed by atoms with Gasteiger partial charge in [0, 0.05) is 6.04 Å². The van der Waals surface area contributed by atoms with Crippen molar-refractivity contribution >= 4 is 18.9 Å². The van der Waals surface area contributed by atoms with Crippen molar-refractivity contribution in [1.82, 2.24) is 4.90 Å². The van der Waals surface area contributed by atoms with Gasteiger partial charge in [0.15, 0.2) is 0 Å². The van der Waals surface area contributed by atoms with E-state index in [2.05, 4.69) is 37.2 Å². The van der Waals surface area contributed by atoms with Crippen molar-refractivity contribution in [3.8, 4) is 0 Å². The predicted molar refractivity (Wildman–Crippen MR) is 71.1 cm³/mol. The second-order valence-electron chi connectivity index (χ2n) is 4.75. The van der Waals surface area contributed by atoms with Crippen LogP contribution in [0.5, 0.6) is 0 Å². The lowest BCUT2D eigenvalue weighted by Gasteiger charge is -2.27. The quantitative estimate of drug-likeness (QED) is 0.676. The van der Waals surface area contributed by atoms with Gasteiger partial charge in [-0.05, 0) is 44.5 Å². The maximum absolute atomic E-state index is 5.81. The highest BCUT2D eigenvalue weighted by Crippen LogP contribution is 2.27. The molecule has 0 aromatic heterocycles. The highest BCUT2D eigenvalue weighted by atomic mass is 15.1. The van der Waals surface area contributed by atoms with Crippen LogP contribution in [0.4, 0.5) is 0 Å². The van der Waals surface area contributed by atoms with Crippen LogP contribution in [0.15, 0.2) is 30.3 Å². The molecule has 1 nitrogen and oxygen atoms in total. The van der Waals surface area contributed by atoms with Gasteiger partial charge in [0.25, 0.3) is 0 Å². The Kier molecular flexibility index (Phi) is 3.50. The summed E-state index contributed by atoms with van der Waals surface area (Å²) in [6.07, 6.45) is 5.92. The fourth-order valence-electron chi connectivity index (χ4n) is 2.29. The van der Waals surface area contributed by atoms with Gasteiger partial charge in [-0.3, -0.25) is 0 Å². The summed E-state index contributed by atoms with van der Waals surface area (Å²) in [4.78, 5) is 2.31. The van der Waals surface area contributed by atoms with Crippen molar-refractivity contribution in [2.45, 2.75) is 25.3 Å². The van der Waals surface area contributed by atoms with Gasteiger partial charge in [0.05, 0.1) is 0 Å². The first-order chi connectivity index (χ1) is 7.66. The highest BCUT2D eigenvalue weighted by molar-refractivity contribution is 6.32. The third-order valence-corrected chi connectivity index (χ3v) is 3.37. The highest BCUT2D eigenvalue weighted by Gasteiger charge is 2.16. The molecule has 0 N–H and O–H groups in total. The molecule has 2 heteroatoms. The lowest BCUT2D eigenvalue weighted by Crippen LogP contribution is -2.29. The standard InChI is InChI=1S/C14H18BN/c1-16(2)14-8-6-11(7-9-14)12-4-3-5-13(15)10-12/h3-6,10,14H,7-9H2,1-2H3. The molecule has 0 bridgehead atoms. The minimum absolute atomic E-state index is 0.699. The normalized spacial score (nSPS) is 20.9. The molecule has 0 fully saturated rings. The van der Waals surface area contributed by atoms with Crippen LogP contribution < -0.4 is 5.46 Å². The topological polar surface area (TPSA) is 3.24 Å². The molecule has 0 amide bonds. The van der Waals surface area contributed by atoms with Crippen LogP contribution in [0, 0.1) is 0 Å². The van der Waals surface area contributed by atoms with E-state index in [4.69, 9.17) is 7.85 Å². The maximum Gasteiger partial charge on any atom is 0.113 e. The van der Waals surface area contributed by atoms with Crippen LogP contribution in [0.3, 0.4) is 0 Å². The second kappa shape index (κ2) is 4.88. The second-order valence-corrected chi connectivity index (χ2v) is 4.75. The molecule has 0 saturated carbocycles. The molecule has 1 aliphatic carbocycles. The fourth-order valence-corrected chi connectivity index (χ4v) is 2.29. The summed E-state index contributed by atoms with van der Waals surface area (Å²) in [6.45, 7) is 0. The van der Waals surface area contributed by atoms with Gasteiger partial charge in [-0.25, -0.2) is 0 Å². The molecule has 16 heavy (non-hydrogen) atoms. The molecule has 1 unspecified atom stereocenters. The summed E-state index contributed by atoms with van der Waals surface area (Å²) in [5, 5.41) is 0. The van der Waals surface area contributed by atoms with Gasteiger partial charge >= 0.3 is 0 Å². The van der Waals surface area contributed by atoms with Crippen molar-refractivity contribution in [2.75, 3.05) is 14.1 Å². The molecule has 0 aliphatic heterocycles. The van der Waals surface area contributed by atoms with E-state index in [9.17, 15) is 0 Å². The van der Waals surface area contributed by atoms with Gasteiger partial charge in [0.1, 0.15) is 7.85 Å². The molecule has 0 heterocycles. The van der Waals surface area contributed by atoms with Crippen molar-refractivity contribution in [3.63, 3.8) is 0 Å². The fraction of sp³-hybridized carbons (Fsp3) is 0.429. The summed E-state index contributed by atoms with van der Waals surface area (Å²) < 4.78 is 0. The zero-order valence-electron chi connectivity index (χ0n) is 10.1. The number of benzene rings is 1. The Morgan fingerprint density at radius 2 is 2.12 bits per heavy atom. The molecule has 1 aliphatic rings. The minimum Gasteiger partial charge on any atom is -0.306 e. The Hall–Kier alpha value is -1.02. The molecule has 0 saturated heterocycles. The molecule has 2 radical (unpaired) electrons. The first-order valence-corrected chi connectivity index (χ1v) is 5.88. The van der Waals surface area contributed by atoms with Gasteiger partial charge in [-0.2, -0.15) is 0 Å². The van der Waals surface area contributed by atoms with E-state index in [0.717, 1.165) is 18.3 Å². The molecule has 1 atom stereocenters. The van der Waals surface area contributed by atoms with Crippen molar-refractivity contribution in [2.24, 2.45) is 0 Å². The first-order valence-electron chi connectivity index (χ1n) is 5.88. The summed E-state index contributed by atoms with van der Waals surface area (Å²) in [7, 11) is 10.1. The van der Waals surface area contributed by atoms with Gasteiger partial charge in [-0.1, -0.05) is 35.8 Å². The van der Waals surface area contributed by atoms with Crippen LogP contribution in [0.2, 0.25) is 0 Å². The number of hydrogen-bond acceptors (Lipinski definition) is 1. The van der Waals surface area contributed by atoms with Gasteiger partial charge in [0.2, 0.25) is 0 Å². The van der Waals surface area contributed by atoms with Crippen molar-refractivity contribution in [1.29, 1.82) is 0 Å². The Balaban J connectivity index is 2.13. The van der Waals surface area contributed by atoms with Crippen molar-refractivity contribution in [3.05, 3.63) is 35.9 Å². The zero-order chi connectivity index (χ0) is 11.5. The van der Waals surface area contributed by atoms with E-state index < -0.39 is 0 Å². The number of rotatable bonds is 2. The summed E-state index contributed by atoms with van der Waals surface area (Å²) in [5.41, 5.74) is 3.59. The van der Waals surface area contributed by atoms with Crippen LogP contribution in [0.1, 0.15) is 24.8 Å². The summed E-state index contributed by atoms with van der Waals surface area (Å²) >= 11 is 0. The SMILES string of the molecule is [B]c1cccc(C2=CCC(N(C)C)CC2)c1. The van der Waals surface area contributed by atoms with E-state index in [1.165, 1.54) is 17.6 Å². The molecule has 1 aromatic rings. The number of hydrogen-bond donors (Lipinski definition) is 0. The molecule has 1 aromatic carbocycles. The van der Waals surface area contributed by atoms with E-state index in [1.54, 1.807) is 0 Å². The predicted octanol–water partition coefficient (Wildman–Crippen LogP) is 1.98. The average molecular weight is 211 g/mol. The van der Waals surface area contributed by atoms with Crippen LogP contribution in [-0.4, -0.2) is 32.9 Å². The van der Waals surface area contributed by atoms with Crippen molar-refractivity contribution < 1.29 is 0 Å². The number of nitrogens with zero attached hydrogens (tertiary/aromatic N) is 1. The average Bonchev–Trinajstić information content (AvgIpc) is 2.29. The summed E-state index contributed by atoms with van der Waals surface area (Å²) in [5.74, 6) is 0. The minimum atomic E-state index is 0.699. The molecule has 0 spiro atoms. The van der Waals surface area contributed by atoms with E-state index in [0.29, 0.717) is 6.04 Å². The van der Waals surface area contributed by atoms with E-state index in [-0.39, 0.29) is 0 Å². The monoisotopic (exact) mass is 211 g/mol. The van der Waals surface area contributed by atoms with Gasteiger partial charge < -0.3 is 4.90 Å². The Labute approximate surface area is 99.6 Å².